The van der Waals surface area contributed by atoms with Crippen molar-refractivity contribution in [3.8, 4) is 0 Å². The maximum absolute atomic E-state index is 10.3. The molecule has 148 valence electrons. The molecular formula is C22H28N4O2. The lowest BCUT2D eigenvalue weighted by Crippen LogP contribution is -2.62. The van der Waals surface area contributed by atoms with Gasteiger partial charge in [0.05, 0.1) is 19.7 Å². The Balaban J connectivity index is 1.35. The van der Waals surface area contributed by atoms with Crippen LogP contribution in [0.3, 0.4) is 0 Å². The molecule has 0 unspecified atom stereocenters. The topological polar surface area (TPSA) is 68.5 Å². The average Bonchev–Trinajstić information content (AvgIpc) is 3.37. The van der Waals surface area contributed by atoms with Gasteiger partial charge in [0.15, 0.2) is 0 Å². The smallest absolute Gasteiger partial charge is 0.134 e. The van der Waals surface area contributed by atoms with E-state index in [0.29, 0.717) is 6.04 Å². The third-order valence-corrected chi connectivity index (χ3v) is 6.70. The Morgan fingerprint density at radius 1 is 1.21 bits per heavy atom. The molecule has 2 aliphatic heterocycles. The number of imidazole rings is 1. The highest BCUT2D eigenvalue weighted by Crippen LogP contribution is 2.42. The lowest BCUT2D eigenvalue weighted by Gasteiger charge is -2.54. The van der Waals surface area contributed by atoms with Crippen molar-refractivity contribution in [3.63, 3.8) is 0 Å². The second kappa shape index (κ2) is 7.35. The molecule has 0 aliphatic carbocycles. The largest absolute Gasteiger partial charge is 0.460 e. The van der Waals surface area contributed by atoms with Crippen LogP contribution in [0.4, 0.5) is 0 Å². The maximum atomic E-state index is 10.3. The van der Waals surface area contributed by atoms with Crippen molar-refractivity contribution in [2.24, 2.45) is 5.41 Å². The molecule has 6 heteroatoms. The lowest BCUT2D eigenvalue weighted by atomic mass is 9.69. The van der Waals surface area contributed by atoms with Crippen LogP contribution in [0.5, 0.6) is 0 Å². The van der Waals surface area contributed by atoms with Crippen molar-refractivity contribution < 1.29 is 9.52 Å². The fraction of sp³-hybridized carbons (Fsp3) is 0.500. The summed E-state index contributed by atoms with van der Waals surface area (Å²) in [5.74, 6) is 2.02. The van der Waals surface area contributed by atoms with E-state index >= 15 is 0 Å². The van der Waals surface area contributed by atoms with Crippen molar-refractivity contribution >= 4 is 11.0 Å². The molecule has 2 aliphatic rings. The fourth-order valence-electron chi connectivity index (χ4n) is 5.17. The minimum Gasteiger partial charge on any atom is -0.460 e. The Labute approximate surface area is 165 Å². The summed E-state index contributed by atoms with van der Waals surface area (Å²) in [7, 11) is 0. The van der Waals surface area contributed by atoms with Gasteiger partial charge in [-0.3, -0.25) is 9.80 Å². The van der Waals surface area contributed by atoms with Crippen molar-refractivity contribution in [2.45, 2.75) is 38.4 Å². The molecule has 3 aromatic rings. The first-order valence-corrected chi connectivity index (χ1v) is 10.3. The number of likely N-dealkylation sites (tertiary alicyclic amines) is 2. The molecule has 28 heavy (non-hydrogen) atoms. The van der Waals surface area contributed by atoms with E-state index in [1.165, 1.54) is 0 Å². The molecule has 4 heterocycles. The number of H-pyrrole nitrogens is 1. The molecule has 2 saturated heterocycles. The quantitative estimate of drug-likeness (QED) is 0.712. The molecule has 6 nitrogen and oxygen atoms in total. The Kier molecular flexibility index (Phi) is 4.70. The van der Waals surface area contributed by atoms with Crippen LogP contribution in [-0.2, 0) is 13.1 Å². The van der Waals surface area contributed by atoms with Crippen LogP contribution in [0.15, 0.2) is 47.1 Å². The summed E-state index contributed by atoms with van der Waals surface area (Å²) in [6, 6.07) is 10.7. The molecule has 2 atom stereocenters. The molecular weight excluding hydrogens is 352 g/mol. The SMILES string of the molecule is OC[C@]12CCCN(Cc3ncc[nH]3)[C@@H]1CN(Cc1cc3ccccc3o1)CC2. The number of aromatic nitrogens is 2. The van der Waals surface area contributed by atoms with E-state index < -0.39 is 0 Å². The van der Waals surface area contributed by atoms with E-state index in [9.17, 15) is 5.11 Å². The van der Waals surface area contributed by atoms with Crippen molar-refractivity contribution in [3.05, 3.63) is 54.3 Å². The van der Waals surface area contributed by atoms with Gasteiger partial charge in [-0.15, -0.1) is 0 Å². The summed E-state index contributed by atoms with van der Waals surface area (Å²) in [6.45, 7) is 4.93. The van der Waals surface area contributed by atoms with Gasteiger partial charge < -0.3 is 14.5 Å². The predicted octanol–water partition coefficient (Wildman–Crippen LogP) is 3.00. The molecule has 2 fully saturated rings. The highest BCUT2D eigenvalue weighted by molar-refractivity contribution is 5.77. The number of fused-ring (bicyclic) bond motifs is 2. The first kappa shape index (κ1) is 17.9. The number of furan rings is 1. The maximum Gasteiger partial charge on any atom is 0.134 e. The van der Waals surface area contributed by atoms with Crippen LogP contribution < -0.4 is 0 Å². The predicted molar refractivity (Wildman–Crippen MR) is 108 cm³/mol. The van der Waals surface area contributed by atoms with Gasteiger partial charge in [0.1, 0.15) is 17.2 Å². The Morgan fingerprint density at radius 2 is 2.14 bits per heavy atom. The molecule has 2 N–H and O–H groups in total. The zero-order chi connectivity index (χ0) is 19.0. The number of piperidine rings is 2. The standard InChI is InChI=1S/C22H28N4O2/c27-16-22-6-3-10-26(15-21-23-8-9-24-21)20(22)14-25(11-7-22)13-18-12-17-4-1-2-5-19(17)28-18/h1-2,4-5,8-9,12,20,27H,3,6-7,10-11,13-16H2,(H,23,24)/t20-,22-/m1/s1. The molecule has 2 aromatic heterocycles. The summed E-state index contributed by atoms with van der Waals surface area (Å²) < 4.78 is 6.05. The number of para-hydroxylation sites is 1. The van der Waals surface area contributed by atoms with Crippen LogP contribution in [0.25, 0.3) is 11.0 Å². The van der Waals surface area contributed by atoms with Crippen LogP contribution in [-0.4, -0.2) is 57.2 Å². The second-order valence-electron chi connectivity index (χ2n) is 8.38. The normalized spacial score (nSPS) is 26.5. The molecule has 0 spiro atoms. The molecule has 0 amide bonds. The number of hydrogen-bond donors (Lipinski definition) is 2. The van der Waals surface area contributed by atoms with Gasteiger partial charge in [0.25, 0.3) is 0 Å². The van der Waals surface area contributed by atoms with E-state index in [1.54, 1.807) is 0 Å². The van der Waals surface area contributed by atoms with Gasteiger partial charge in [-0.2, -0.15) is 0 Å². The molecule has 0 radical (unpaired) electrons. The number of aliphatic hydroxyl groups excluding tert-OH is 1. The van der Waals surface area contributed by atoms with Crippen molar-refractivity contribution in [1.29, 1.82) is 0 Å². The first-order chi connectivity index (χ1) is 13.8. The molecule has 1 aromatic carbocycles. The summed E-state index contributed by atoms with van der Waals surface area (Å²) >= 11 is 0. The Hall–Kier alpha value is -2.15. The van der Waals surface area contributed by atoms with Crippen LogP contribution in [0.2, 0.25) is 0 Å². The van der Waals surface area contributed by atoms with E-state index in [0.717, 1.165) is 74.5 Å². The van der Waals surface area contributed by atoms with Crippen LogP contribution >= 0.6 is 0 Å². The van der Waals surface area contributed by atoms with Crippen LogP contribution in [0.1, 0.15) is 30.8 Å². The monoisotopic (exact) mass is 380 g/mol. The van der Waals surface area contributed by atoms with Crippen molar-refractivity contribution in [2.75, 3.05) is 26.2 Å². The number of benzene rings is 1. The van der Waals surface area contributed by atoms with Gasteiger partial charge >= 0.3 is 0 Å². The van der Waals surface area contributed by atoms with E-state index in [-0.39, 0.29) is 12.0 Å². The van der Waals surface area contributed by atoms with Crippen LogP contribution in [0, 0.1) is 5.41 Å². The molecule has 0 saturated carbocycles. The summed E-state index contributed by atoms with van der Waals surface area (Å²) in [4.78, 5) is 12.7. The highest BCUT2D eigenvalue weighted by Gasteiger charge is 2.47. The summed E-state index contributed by atoms with van der Waals surface area (Å²) in [5, 5.41) is 11.5. The van der Waals surface area contributed by atoms with Gasteiger partial charge in [-0.05, 0) is 44.5 Å². The number of rotatable bonds is 5. The Bertz CT molecular complexity index is 889. The number of hydrogen-bond acceptors (Lipinski definition) is 5. The summed E-state index contributed by atoms with van der Waals surface area (Å²) in [5.41, 5.74) is 0.964. The zero-order valence-corrected chi connectivity index (χ0v) is 16.2. The molecule has 0 bridgehead atoms. The zero-order valence-electron chi connectivity index (χ0n) is 16.2. The highest BCUT2D eigenvalue weighted by atomic mass is 16.3. The summed E-state index contributed by atoms with van der Waals surface area (Å²) in [6.07, 6.45) is 6.98. The van der Waals surface area contributed by atoms with E-state index in [2.05, 4.69) is 31.9 Å². The third kappa shape index (κ3) is 3.26. The fourth-order valence-corrected chi connectivity index (χ4v) is 5.17. The number of nitrogens with zero attached hydrogens (tertiary/aromatic N) is 3. The molecule has 5 rings (SSSR count). The second-order valence-corrected chi connectivity index (χ2v) is 8.38. The number of nitrogens with one attached hydrogen (secondary N) is 1. The van der Waals surface area contributed by atoms with Gasteiger partial charge in [0, 0.05) is 35.8 Å². The van der Waals surface area contributed by atoms with E-state index in [4.69, 9.17) is 4.42 Å². The number of aromatic amines is 1. The first-order valence-electron chi connectivity index (χ1n) is 10.3. The minimum absolute atomic E-state index is 0.00915. The Morgan fingerprint density at radius 3 is 2.96 bits per heavy atom. The number of aliphatic hydroxyl groups is 1. The van der Waals surface area contributed by atoms with Gasteiger partial charge in [0.2, 0.25) is 0 Å². The average molecular weight is 380 g/mol. The van der Waals surface area contributed by atoms with E-state index in [1.807, 2.05) is 30.6 Å². The van der Waals surface area contributed by atoms with Crippen molar-refractivity contribution in [1.82, 2.24) is 19.8 Å². The third-order valence-electron chi connectivity index (χ3n) is 6.70. The lowest BCUT2D eigenvalue weighted by molar-refractivity contribution is -0.0823. The minimum atomic E-state index is 0.00915. The van der Waals surface area contributed by atoms with Gasteiger partial charge in [-0.1, -0.05) is 18.2 Å². The van der Waals surface area contributed by atoms with Gasteiger partial charge in [-0.25, -0.2) is 4.98 Å².